The molecule has 24 heavy (non-hydrogen) atoms. The maximum Gasteiger partial charge on any atom is 0.279 e. The molecule has 0 aliphatic heterocycles. The van der Waals surface area contributed by atoms with E-state index in [1.807, 2.05) is 19.1 Å². The van der Waals surface area contributed by atoms with Crippen LogP contribution < -0.4 is 4.80 Å². The van der Waals surface area contributed by atoms with Crippen LogP contribution in [0.5, 0.6) is 0 Å². The Morgan fingerprint density at radius 1 is 1.33 bits per heavy atom. The summed E-state index contributed by atoms with van der Waals surface area (Å²) < 4.78 is 29.5. The molecule has 3 rings (SSSR count). The van der Waals surface area contributed by atoms with Gasteiger partial charge in [-0.2, -0.15) is 4.99 Å². The van der Waals surface area contributed by atoms with Crippen LogP contribution in [0.3, 0.4) is 0 Å². The van der Waals surface area contributed by atoms with Crippen LogP contribution in [0.2, 0.25) is 0 Å². The Morgan fingerprint density at radius 2 is 2.08 bits per heavy atom. The smallest absolute Gasteiger partial charge is 0.279 e. The van der Waals surface area contributed by atoms with E-state index in [2.05, 4.69) is 11.6 Å². The van der Waals surface area contributed by atoms with Gasteiger partial charge >= 0.3 is 0 Å². The number of carbonyl (C=O) groups is 1. The maximum absolute atomic E-state index is 14.2. The van der Waals surface area contributed by atoms with Crippen LogP contribution in [0.25, 0.3) is 10.2 Å². The van der Waals surface area contributed by atoms with Crippen LogP contribution in [0.4, 0.5) is 8.78 Å². The Kier molecular flexibility index (Phi) is 4.40. The summed E-state index contributed by atoms with van der Waals surface area (Å²) in [5.41, 5.74) is 1.50. The van der Waals surface area contributed by atoms with E-state index in [1.54, 1.807) is 18.2 Å². The standard InChI is InChI=1S/C18H14F2N2OS/c1-3-8-22-16-14(20)9-12(19)10-15(16)24-18(22)21-17(23)13-7-5-4-6-11(13)2/h3-7,9-10H,1,8H2,2H3. The van der Waals surface area contributed by atoms with Gasteiger partial charge in [-0.1, -0.05) is 35.6 Å². The lowest BCUT2D eigenvalue weighted by atomic mass is 10.1. The monoisotopic (exact) mass is 344 g/mol. The topological polar surface area (TPSA) is 34.4 Å². The van der Waals surface area contributed by atoms with Crippen molar-refractivity contribution in [1.82, 2.24) is 4.57 Å². The summed E-state index contributed by atoms with van der Waals surface area (Å²) in [4.78, 5) is 16.9. The van der Waals surface area contributed by atoms with Gasteiger partial charge in [-0.15, -0.1) is 6.58 Å². The Labute approximate surface area is 141 Å². The number of halogens is 2. The van der Waals surface area contributed by atoms with Crippen LogP contribution in [0, 0.1) is 18.6 Å². The molecule has 0 atom stereocenters. The number of hydrogen-bond acceptors (Lipinski definition) is 2. The third kappa shape index (κ3) is 2.92. The SMILES string of the molecule is C=CCn1c(=NC(=O)c2ccccc2C)sc2cc(F)cc(F)c21. The molecule has 0 N–H and O–H groups in total. The summed E-state index contributed by atoms with van der Waals surface area (Å²) in [5.74, 6) is -1.77. The van der Waals surface area contributed by atoms with Crippen molar-refractivity contribution in [2.24, 2.45) is 4.99 Å². The number of rotatable bonds is 3. The molecule has 0 bridgehead atoms. The summed E-state index contributed by atoms with van der Waals surface area (Å²) in [6, 6.07) is 9.16. The maximum atomic E-state index is 14.2. The third-order valence-electron chi connectivity index (χ3n) is 3.58. The summed E-state index contributed by atoms with van der Waals surface area (Å²) in [5, 5.41) is 0. The fourth-order valence-corrected chi connectivity index (χ4v) is 3.55. The van der Waals surface area contributed by atoms with Gasteiger partial charge in [0, 0.05) is 18.2 Å². The van der Waals surface area contributed by atoms with E-state index < -0.39 is 17.5 Å². The highest BCUT2D eigenvalue weighted by atomic mass is 32.1. The number of amides is 1. The number of fused-ring (bicyclic) bond motifs is 1. The van der Waals surface area contributed by atoms with Crippen molar-refractivity contribution in [3.63, 3.8) is 0 Å². The van der Waals surface area contributed by atoms with Crippen molar-refractivity contribution in [2.45, 2.75) is 13.5 Å². The van der Waals surface area contributed by atoms with E-state index in [0.29, 0.717) is 15.1 Å². The number of allylic oxidation sites excluding steroid dienone is 1. The molecule has 0 aliphatic carbocycles. The highest BCUT2D eigenvalue weighted by Crippen LogP contribution is 2.22. The molecule has 0 saturated carbocycles. The van der Waals surface area contributed by atoms with Gasteiger partial charge in [0.15, 0.2) is 10.6 Å². The number of aryl methyl sites for hydroxylation is 1. The van der Waals surface area contributed by atoms with E-state index in [-0.39, 0.29) is 12.1 Å². The molecule has 6 heteroatoms. The van der Waals surface area contributed by atoms with Gasteiger partial charge in [0.05, 0.1) is 10.2 Å². The predicted molar refractivity (Wildman–Crippen MR) is 91.0 cm³/mol. The first kappa shape index (κ1) is 16.3. The van der Waals surface area contributed by atoms with E-state index in [1.165, 1.54) is 10.6 Å². The molecule has 0 unspecified atom stereocenters. The Morgan fingerprint density at radius 3 is 2.79 bits per heavy atom. The largest absolute Gasteiger partial charge is 0.310 e. The number of aromatic nitrogens is 1. The summed E-state index contributed by atoms with van der Waals surface area (Å²) in [6.07, 6.45) is 1.58. The van der Waals surface area contributed by atoms with Gasteiger partial charge in [0.2, 0.25) is 0 Å². The molecule has 2 aromatic carbocycles. The number of hydrogen-bond donors (Lipinski definition) is 0. The zero-order valence-corrected chi connectivity index (χ0v) is 13.7. The van der Waals surface area contributed by atoms with Crippen molar-refractivity contribution in [2.75, 3.05) is 0 Å². The summed E-state index contributed by atoms with van der Waals surface area (Å²) in [6.45, 7) is 5.73. The van der Waals surface area contributed by atoms with Crippen LogP contribution >= 0.6 is 11.3 Å². The zero-order valence-electron chi connectivity index (χ0n) is 12.9. The molecular formula is C18H14F2N2OS. The fraction of sp³-hybridized carbons (Fsp3) is 0.111. The Hall–Kier alpha value is -2.60. The molecule has 1 aromatic heterocycles. The minimum atomic E-state index is -0.687. The molecule has 0 spiro atoms. The van der Waals surface area contributed by atoms with Crippen LogP contribution in [-0.4, -0.2) is 10.5 Å². The molecule has 0 radical (unpaired) electrons. The van der Waals surface area contributed by atoms with Gasteiger partial charge in [-0.05, 0) is 24.6 Å². The molecule has 122 valence electrons. The normalized spacial score (nSPS) is 11.9. The number of benzene rings is 2. The second-order valence-electron chi connectivity index (χ2n) is 5.25. The zero-order chi connectivity index (χ0) is 17.3. The molecule has 0 fully saturated rings. The van der Waals surface area contributed by atoms with E-state index in [0.717, 1.165) is 23.0 Å². The summed E-state index contributed by atoms with van der Waals surface area (Å²) in [7, 11) is 0. The third-order valence-corrected chi connectivity index (χ3v) is 4.60. The highest BCUT2D eigenvalue weighted by Gasteiger charge is 2.14. The van der Waals surface area contributed by atoms with E-state index >= 15 is 0 Å². The molecule has 0 aliphatic rings. The number of nitrogens with zero attached hydrogens (tertiary/aromatic N) is 2. The van der Waals surface area contributed by atoms with Crippen LogP contribution in [0.1, 0.15) is 15.9 Å². The van der Waals surface area contributed by atoms with Gasteiger partial charge < -0.3 is 4.57 Å². The lowest BCUT2D eigenvalue weighted by Gasteiger charge is -2.03. The van der Waals surface area contributed by atoms with Crippen molar-refractivity contribution >= 4 is 27.5 Å². The van der Waals surface area contributed by atoms with Gasteiger partial charge in [-0.25, -0.2) is 8.78 Å². The Bertz CT molecular complexity index is 1020. The molecule has 3 nitrogen and oxygen atoms in total. The van der Waals surface area contributed by atoms with Crippen molar-refractivity contribution in [3.8, 4) is 0 Å². The predicted octanol–water partition coefficient (Wildman–Crippen LogP) is 4.22. The fourth-order valence-electron chi connectivity index (χ4n) is 2.47. The Balaban J connectivity index is 2.23. The van der Waals surface area contributed by atoms with Gasteiger partial charge in [-0.3, -0.25) is 4.79 Å². The lowest BCUT2D eigenvalue weighted by Crippen LogP contribution is -2.17. The van der Waals surface area contributed by atoms with Crippen molar-refractivity contribution in [1.29, 1.82) is 0 Å². The summed E-state index contributed by atoms with van der Waals surface area (Å²) >= 11 is 1.07. The second-order valence-corrected chi connectivity index (χ2v) is 6.26. The van der Waals surface area contributed by atoms with E-state index in [9.17, 15) is 13.6 Å². The first-order chi connectivity index (χ1) is 11.5. The molecule has 1 amide bonds. The quantitative estimate of drug-likeness (QED) is 0.655. The van der Waals surface area contributed by atoms with Crippen molar-refractivity contribution in [3.05, 3.63) is 76.6 Å². The average Bonchev–Trinajstić information content (AvgIpc) is 2.85. The minimum absolute atomic E-state index is 0.220. The number of thiazole rings is 1. The van der Waals surface area contributed by atoms with Crippen LogP contribution in [0.15, 0.2) is 54.0 Å². The number of carbonyl (C=O) groups excluding carboxylic acids is 1. The van der Waals surface area contributed by atoms with Gasteiger partial charge in [0.25, 0.3) is 5.91 Å². The molecule has 0 saturated heterocycles. The van der Waals surface area contributed by atoms with Crippen molar-refractivity contribution < 1.29 is 13.6 Å². The first-order valence-corrected chi connectivity index (χ1v) is 8.07. The van der Waals surface area contributed by atoms with Gasteiger partial charge in [0.1, 0.15) is 5.82 Å². The first-order valence-electron chi connectivity index (χ1n) is 7.25. The molecule has 3 aromatic rings. The molecule has 1 heterocycles. The average molecular weight is 344 g/mol. The molecular weight excluding hydrogens is 330 g/mol. The lowest BCUT2D eigenvalue weighted by molar-refractivity contribution is 0.0997. The highest BCUT2D eigenvalue weighted by molar-refractivity contribution is 7.16. The van der Waals surface area contributed by atoms with Crippen LogP contribution in [-0.2, 0) is 6.54 Å². The second kappa shape index (κ2) is 6.49. The van der Waals surface area contributed by atoms with E-state index in [4.69, 9.17) is 0 Å². The minimum Gasteiger partial charge on any atom is -0.310 e.